The van der Waals surface area contributed by atoms with Crippen LogP contribution in [0.25, 0.3) is 11.2 Å². The van der Waals surface area contributed by atoms with Crippen molar-refractivity contribution in [2.24, 2.45) is 0 Å². The smallest absolute Gasteiger partial charge is 0.469 e. The van der Waals surface area contributed by atoms with Crippen molar-refractivity contribution in [2.45, 2.75) is 31.1 Å². The molecule has 5 N–H and O–H groups in total. The number of phosphoric acid groups is 1. The molecule has 0 unspecified atom stereocenters. The van der Waals surface area contributed by atoms with Crippen molar-refractivity contribution in [3.05, 3.63) is 36.4 Å². The Morgan fingerprint density at radius 1 is 1.15 bits per heavy atom. The van der Waals surface area contributed by atoms with E-state index in [0.29, 0.717) is 35.0 Å². The molecule has 1 fully saturated rings. The van der Waals surface area contributed by atoms with E-state index in [4.69, 9.17) is 24.0 Å². The Balaban J connectivity index is 1.55. The molecule has 0 radical (unpaired) electrons. The maximum absolute atomic E-state index is 11.0. The lowest BCUT2D eigenvalue weighted by molar-refractivity contribution is -0.0504. The van der Waals surface area contributed by atoms with Gasteiger partial charge in [-0.05, 0) is 18.2 Å². The molecule has 0 amide bonds. The summed E-state index contributed by atoms with van der Waals surface area (Å²) < 4.78 is 33.0. The quantitative estimate of drug-likeness (QED) is 0.252. The summed E-state index contributed by atoms with van der Waals surface area (Å²) in [5, 5.41) is 23.9. The fraction of sp³-hybridized carbons (Fsp3) is 0.421. The first-order valence-corrected chi connectivity index (χ1v) is 11.6. The summed E-state index contributed by atoms with van der Waals surface area (Å²) >= 11 is 0. The van der Waals surface area contributed by atoms with Gasteiger partial charge in [0.2, 0.25) is 0 Å². The third kappa shape index (κ3) is 4.98. The van der Waals surface area contributed by atoms with E-state index < -0.39 is 39.0 Å². The van der Waals surface area contributed by atoms with Crippen LogP contribution in [0.5, 0.6) is 11.5 Å². The van der Waals surface area contributed by atoms with Crippen LogP contribution in [-0.4, -0.2) is 78.7 Å². The minimum Gasteiger partial charge on any atom is -0.497 e. The highest BCUT2D eigenvalue weighted by Crippen LogP contribution is 2.39. The van der Waals surface area contributed by atoms with Crippen LogP contribution >= 0.6 is 7.82 Å². The highest BCUT2D eigenvalue weighted by Gasteiger charge is 2.45. The second-order valence-corrected chi connectivity index (χ2v) is 8.65. The van der Waals surface area contributed by atoms with Gasteiger partial charge in [-0.1, -0.05) is 0 Å². The number of aliphatic hydroxyl groups is 2. The topological polar surface area (TPSA) is 191 Å². The van der Waals surface area contributed by atoms with Crippen LogP contribution in [0, 0.1) is 0 Å². The third-order valence-electron chi connectivity index (χ3n) is 5.31. The van der Waals surface area contributed by atoms with Gasteiger partial charge in [0.05, 0.1) is 27.2 Å². The van der Waals surface area contributed by atoms with E-state index in [0.717, 1.165) is 5.56 Å². The van der Waals surface area contributed by atoms with E-state index in [1.54, 1.807) is 26.4 Å². The van der Waals surface area contributed by atoms with Crippen LogP contribution in [-0.2, 0) is 20.4 Å². The molecule has 14 nitrogen and oxygen atoms in total. The maximum atomic E-state index is 11.0. The molecule has 1 aliphatic rings. The second kappa shape index (κ2) is 9.80. The third-order valence-corrected chi connectivity index (χ3v) is 5.80. The number of aromatic nitrogens is 4. The number of anilines is 1. The van der Waals surface area contributed by atoms with Crippen molar-refractivity contribution in [1.29, 1.82) is 0 Å². The molecule has 0 bridgehead atoms. The number of nitrogens with one attached hydrogen (secondary N) is 1. The van der Waals surface area contributed by atoms with Crippen molar-refractivity contribution in [2.75, 3.05) is 26.1 Å². The first-order valence-electron chi connectivity index (χ1n) is 10.1. The van der Waals surface area contributed by atoms with Crippen molar-refractivity contribution >= 4 is 24.8 Å². The van der Waals surface area contributed by atoms with Gasteiger partial charge < -0.3 is 39.5 Å². The Morgan fingerprint density at radius 3 is 2.65 bits per heavy atom. The van der Waals surface area contributed by atoms with E-state index >= 15 is 0 Å². The highest BCUT2D eigenvalue weighted by atomic mass is 31.2. The normalized spacial score (nSPS) is 22.8. The molecule has 0 aliphatic carbocycles. The molecule has 15 heteroatoms. The minimum absolute atomic E-state index is 0.308. The lowest BCUT2D eigenvalue weighted by atomic mass is 10.1. The monoisotopic (exact) mass is 497 g/mol. The van der Waals surface area contributed by atoms with Crippen molar-refractivity contribution in [3.8, 4) is 11.5 Å². The van der Waals surface area contributed by atoms with Crippen molar-refractivity contribution in [3.63, 3.8) is 0 Å². The van der Waals surface area contributed by atoms with E-state index in [9.17, 15) is 14.8 Å². The summed E-state index contributed by atoms with van der Waals surface area (Å²) in [5.41, 5.74) is 1.51. The maximum Gasteiger partial charge on any atom is 0.469 e. The van der Waals surface area contributed by atoms with Crippen LogP contribution in [0.1, 0.15) is 11.8 Å². The molecule has 3 aromatic rings. The molecule has 0 spiro atoms. The zero-order valence-corrected chi connectivity index (χ0v) is 19.1. The second-order valence-electron chi connectivity index (χ2n) is 7.41. The van der Waals surface area contributed by atoms with Crippen LogP contribution in [0.2, 0.25) is 0 Å². The zero-order chi connectivity index (χ0) is 24.5. The van der Waals surface area contributed by atoms with Gasteiger partial charge in [-0.2, -0.15) is 0 Å². The van der Waals surface area contributed by atoms with E-state index in [2.05, 4.69) is 24.8 Å². The number of nitrogens with zero attached hydrogens (tertiary/aromatic N) is 4. The van der Waals surface area contributed by atoms with Crippen LogP contribution in [0.4, 0.5) is 5.82 Å². The average Bonchev–Trinajstić information content (AvgIpc) is 3.37. The first-order chi connectivity index (χ1) is 16.2. The Hall–Kier alpha value is -2.84. The van der Waals surface area contributed by atoms with Gasteiger partial charge in [0, 0.05) is 12.1 Å². The van der Waals surface area contributed by atoms with Crippen molar-refractivity contribution < 1.29 is 43.3 Å². The minimum atomic E-state index is -4.77. The summed E-state index contributed by atoms with van der Waals surface area (Å²) in [4.78, 5) is 30.5. The Morgan fingerprint density at radius 2 is 1.94 bits per heavy atom. The summed E-state index contributed by atoms with van der Waals surface area (Å²) in [5.74, 6) is 1.73. The predicted octanol–water partition coefficient (Wildman–Crippen LogP) is 0.184. The molecule has 4 rings (SSSR count). The number of ether oxygens (including phenoxy) is 3. The molecule has 1 saturated heterocycles. The molecule has 0 saturated carbocycles. The van der Waals surface area contributed by atoms with E-state index in [-0.39, 0.29) is 0 Å². The van der Waals surface area contributed by atoms with Crippen molar-refractivity contribution in [1.82, 2.24) is 19.5 Å². The largest absolute Gasteiger partial charge is 0.497 e. The number of hydrogen-bond acceptors (Lipinski definition) is 11. The number of benzene rings is 1. The van der Waals surface area contributed by atoms with Gasteiger partial charge in [-0.15, -0.1) is 0 Å². The number of hydrogen-bond donors (Lipinski definition) is 5. The number of methoxy groups -OCH3 is 2. The predicted molar refractivity (Wildman–Crippen MR) is 116 cm³/mol. The molecule has 184 valence electrons. The summed E-state index contributed by atoms with van der Waals surface area (Å²) in [6.45, 7) is -0.280. The molecule has 4 atom stereocenters. The van der Waals surface area contributed by atoms with E-state index in [1.807, 2.05) is 6.07 Å². The highest BCUT2D eigenvalue weighted by molar-refractivity contribution is 7.46. The molecule has 34 heavy (non-hydrogen) atoms. The van der Waals surface area contributed by atoms with E-state index in [1.165, 1.54) is 17.2 Å². The van der Waals surface area contributed by atoms with Gasteiger partial charge in [-0.3, -0.25) is 9.09 Å². The molecule has 1 aromatic carbocycles. The van der Waals surface area contributed by atoms with Crippen LogP contribution in [0.3, 0.4) is 0 Å². The number of rotatable bonds is 9. The van der Waals surface area contributed by atoms with Crippen LogP contribution in [0.15, 0.2) is 30.9 Å². The van der Waals surface area contributed by atoms with Gasteiger partial charge in [0.15, 0.2) is 23.2 Å². The molecule has 3 heterocycles. The lowest BCUT2D eigenvalue weighted by Crippen LogP contribution is -2.33. The number of aliphatic hydroxyl groups excluding tert-OH is 2. The first kappa shape index (κ1) is 24.3. The van der Waals surface area contributed by atoms with Gasteiger partial charge in [-0.25, -0.2) is 19.5 Å². The molecule has 1 aliphatic heterocycles. The molecular weight excluding hydrogens is 473 g/mol. The number of fused-ring (bicyclic) bond motifs is 1. The van der Waals surface area contributed by atoms with Crippen LogP contribution < -0.4 is 14.8 Å². The average molecular weight is 497 g/mol. The van der Waals surface area contributed by atoms with Gasteiger partial charge in [0.1, 0.15) is 36.1 Å². The van der Waals surface area contributed by atoms with Gasteiger partial charge in [0.25, 0.3) is 0 Å². The van der Waals surface area contributed by atoms with Gasteiger partial charge >= 0.3 is 7.82 Å². The Kier molecular flexibility index (Phi) is 7.00. The standard InChI is InChI=1S/C19H24N5O9P/c1-30-11-3-4-12(31-2)10(5-11)6-20-17-14-18(22-8-21-17)24(9-23-14)19-16(26)15(25)13(33-19)7-32-34(27,28)29/h3-5,8-9,13,15-16,19,25-26H,6-7H2,1-2H3,(H,20,21,22)(H2,27,28,29)/t13-,15-,16-,19-/m1/s1. The fourth-order valence-corrected chi connectivity index (χ4v) is 3.97. The summed E-state index contributed by atoms with van der Waals surface area (Å²) in [7, 11) is -1.64. The fourth-order valence-electron chi connectivity index (χ4n) is 3.63. The Bertz CT molecular complexity index is 1200. The number of imidazole rings is 1. The molecule has 2 aromatic heterocycles. The lowest BCUT2D eigenvalue weighted by Gasteiger charge is -2.16. The zero-order valence-electron chi connectivity index (χ0n) is 18.2. The summed E-state index contributed by atoms with van der Waals surface area (Å²) in [6, 6.07) is 5.40. The number of phosphoric ester groups is 1. The SMILES string of the molecule is COc1ccc(OC)c(CNc2ncnc3c2ncn3[C@@H]2O[C@H](COP(=O)(O)O)[C@@H](O)[C@H]2O)c1. The Labute approximate surface area is 193 Å². The summed E-state index contributed by atoms with van der Waals surface area (Å²) in [6.07, 6.45) is -2.50. The molecular formula is C19H24N5O9P.